The molecule has 0 saturated carbocycles. The lowest BCUT2D eigenvalue weighted by Crippen LogP contribution is -2.29. The number of carbonyl (C=O) groups is 1. The minimum atomic E-state index is -0.131. The number of carbonyl (C=O) groups excluding carboxylic acids is 1. The molecule has 2 heterocycles. The fourth-order valence-electron chi connectivity index (χ4n) is 4.73. The van der Waals surface area contributed by atoms with Gasteiger partial charge in [-0.05, 0) is 93.6 Å². The minimum absolute atomic E-state index is 0.131. The van der Waals surface area contributed by atoms with Gasteiger partial charge in [-0.1, -0.05) is 86.8 Å². The van der Waals surface area contributed by atoms with Crippen LogP contribution in [0.5, 0.6) is 0 Å². The first-order valence-corrected chi connectivity index (χ1v) is 16.6. The van der Waals surface area contributed by atoms with Gasteiger partial charge >= 0.3 is 0 Å². The summed E-state index contributed by atoms with van der Waals surface area (Å²) in [5.41, 5.74) is 3.09. The highest BCUT2D eigenvalue weighted by atomic mass is 32.2. The Balaban J connectivity index is 1.93. The van der Waals surface area contributed by atoms with Gasteiger partial charge in [-0.2, -0.15) is 0 Å². The third-order valence-corrected chi connectivity index (χ3v) is 9.16. The average molecular weight is 579 g/mol. The van der Waals surface area contributed by atoms with Crippen LogP contribution in [-0.2, 0) is 17.6 Å². The van der Waals surface area contributed by atoms with Crippen LogP contribution in [0.4, 0.5) is 0 Å². The number of aryl methyl sites for hydroxylation is 2. The van der Waals surface area contributed by atoms with Crippen LogP contribution >= 0.6 is 23.1 Å². The highest BCUT2D eigenvalue weighted by Gasteiger charge is 2.27. The molecule has 0 spiro atoms. The van der Waals surface area contributed by atoms with Crippen molar-refractivity contribution in [2.75, 3.05) is 0 Å². The maximum atomic E-state index is 13.2. The molecular formula is C36H50O2S2. The van der Waals surface area contributed by atoms with Crippen LogP contribution in [0.15, 0.2) is 62.6 Å². The molecule has 0 fully saturated rings. The van der Waals surface area contributed by atoms with Crippen molar-refractivity contribution in [1.29, 1.82) is 0 Å². The molecule has 0 N–H and O–H groups in total. The van der Waals surface area contributed by atoms with Crippen LogP contribution in [0.25, 0.3) is 6.08 Å². The molecular weight excluding hydrogens is 529 g/mol. The summed E-state index contributed by atoms with van der Waals surface area (Å²) in [6.45, 7) is 22.5. The van der Waals surface area contributed by atoms with E-state index in [1.54, 1.807) is 0 Å². The van der Waals surface area contributed by atoms with E-state index in [9.17, 15) is 9.90 Å². The zero-order valence-corrected chi connectivity index (χ0v) is 28.1. The van der Waals surface area contributed by atoms with Gasteiger partial charge in [-0.25, -0.2) is 0 Å². The predicted molar refractivity (Wildman–Crippen MR) is 175 cm³/mol. The Morgan fingerprint density at radius 1 is 0.825 bits per heavy atom. The zero-order valence-electron chi connectivity index (χ0n) is 26.5. The molecule has 0 bridgehead atoms. The number of hydrogen-bond donors (Lipinski definition) is 0. The molecule has 2 nitrogen and oxygen atoms in total. The summed E-state index contributed by atoms with van der Waals surface area (Å²) in [4.78, 5) is 18.5. The quantitative estimate of drug-likeness (QED) is 0.205. The molecule has 1 aromatic heterocycles. The molecule has 0 aromatic carbocycles. The van der Waals surface area contributed by atoms with Gasteiger partial charge in [0.05, 0.1) is 0 Å². The lowest BCUT2D eigenvalue weighted by atomic mass is 9.85. The summed E-state index contributed by atoms with van der Waals surface area (Å²) in [6, 6.07) is 4.36. The second-order valence-corrected chi connectivity index (χ2v) is 17.2. The van der Waals surface area contributed by atoms with E-state index in [2.05, 4.69) is 93.5 Å². The number of thioether (sulfide) groups is 1. The summed E-state index contributed by atoms with van der Waals surface area (Å²) < 4.78 is 0. The van der Waals surface area contributed by atoms with Crippen molar-refractivity contribution in [3.05, 3.63) is 78.0 Å². The first-order chi connectivity index (χ1) is 18.5. The van der Waals surface area contributed by atoms with Gasteiger partial charge in [-0.15, -0.1) is 0 Å². The molecule has 2 aliphatic rings. The summed E-state index contributed by atoms with van der Waals surface area (Å²) >= 11 is 3.73. The Morgan fingerprint density at radius 3 is 1.70 bits per heavy atom. The number of rotatable bonds is 10. The van der Waals surface area contributed by atoms with Crippen LogP contribution in [0.2, 0.25) is 0 Å². The summed E-state index contributed by atoms with van der Waals surface area (Å²) in [7, 11) is 0. The first-order valence-electron chi connectivity index (χ1n) is 14.9. The fourth-order valence-corrected chi connectivity index (χ4v) is 7.42. The van der Waals surface area contributed by atoms with Crippen LogP contribution in [0, 0.1) is 22.7 Å². The van der Waals surface area contributed by atoms with Crippen molar-refractivity contribution in [3.63, 3.8) is 0 Å². The van der Waals surface area contributed by atoms with Gasteiger partial charge in [0.2, 0.25) is 21.1 Å². The second kappa shape index (κ2) is 13.4. The molecule has 0 unspecified atom stereocenters. The third-order valence-electron chi connectivity index (χ3n) is 6.90. The van der Waals surface area contributed by atoms with Gasteiger partial charge in [0, 0.05) is 36.1 Å². The molecule has 0 saturated heterocycles. The van der Waals surface area contributed by atoms with Gasteiger partial charge in [0.1, 0.15) is 0 Å². The zero-order chi connectivity index (χ0) is 29.8. The van der Waals surface area contributed by atoms with Crippen LogP contribution in [0.1, 0.15) is 110 Å². The number of hydrogen-bond acceptors (Lipinski definition) is 3. The average Bonchev–Trinajstić information content (AvgIpc) is 2.81. The van der Waals surface area contributed by atoms with E-state index in [-0.39, 0.29) is 22.4 Å². The lowest BCUT2D eigenvalue weighted by molar-refractivity contribution is -0.300. The van der Waals surface area contributed by atoms with Gasteiger partial charge in [-0.3, -0.25) is 4.79 Å². The second-order valence-electron chi connectivity index (χ2n) is 14.7. The largest absolute Gasteiger partial charge is 0.871 e. The van der Waals surface area contributed by atoms with E-state index in [4.69, 9.17) is 0 Å². The molecule has 1 aromatic rings. The normalized spacial score (nSPS) is 17.6. The van der Waals surface area contributed by atoms with E-state index in [0.717, 1.165) is 49.7 Å². The summed E-state index contributed by atoms with van der Waals surface area (Å²) in [5, 5.41) is 13.2. The molecule has 1 aliphatic heterocycles. The maximum Gasteiger partial charge on any atom is 0.218 e. The summed E-state index contributed by atoms with van der Waals surface area (Å²) in [6.07, 6.45) is 14.2. The third kappa shape index (κ3) is 10.2. The van der Waals surface area contributed by atoms with Crippen molar-refractivity contribution in [1.82, 2.24) is 0 Å². The Hall–Kier alpha value is -1.91. The van der Waals surface area contributed by atoms with E-state index < -0.39 is 0 Å². The smallest absolute Gasteiger partial charge is 0.218 e. The molecule has 0 radical (unpaired) electrons. The minimum Gasteiger partial charge on any atom is -0.871 e. The molecule has 1 aliphatic carbocycles. The monoisotopic (exact) mass is 578 g/mol. The van der Waals surface area contributed by atoms with E-state index in [1.165, 1.54) is 19.6 Å². The number of ketones is 1. The maximum absolute atomic E-state index is 13.2. The Kier molecular flexibility index (Phi) is 10.9. The van der Waals surface area contributed by atoms with Crippen molar-refractivity contribution < 1.29 is 9.90 Å². The summed E-state index contributed by atoms with van der Waals surface area (Å²) in [5.74, 6) is 0.851. The topological polar surface area (TPSA) is 40.1 Å². The van der Waals surface area contributed by atoms with Crippen molar-refractivity contribution in [2.24, 2.45) is 22.7 Å². The van der Waals surface area contributed by atoms with Crippen molar-refractivity contribution in [2.45, 2.75) is 108 Å². The molecule has 0 atom stereocenters. The number of allylic oxidation sites excluding steroid dienone is 8. The fraction of sp³-hybridized carbons (Fsp3) is 0.556. The number of Topliss-reactive ketones (excluding diaryl/α,β-unsaturated/α-hetero) is 1. The Bertz CT molecular complexity index is 1190. The SMILES string of the molecule is CC(C)CC1=CC(=CC2=C([O-])C(=Cc3cc(CCC(C)(C)C)[s+]c(CCC(C)(C)C)c3)C2=O)C=C(CC(C)C)S1. The molecule has 3 rings (SSSR count). The predicted octanol–water partition coefficient (Wildman–Crippen LogP) is 10.1. The van der Waals surface area contributed by atoms with Gasteiger partial charge in [0.15, 0.2) is 5.78 Å². The standard InChI is InChI=1S/C36H50O2S2/c1-23(2)15-29-19-26(20-30(40-29)16-24(3)4)22-32-33(37)31(34(32)38)21-25-17-27(11-13-35(5,6)7)39-28(18-25)12-14-36(8,9)10/h17-24H,11-16H2,1-10H3. The lowest BCUT2D eigenvalue weighted by Gasteiger charge is -2.29. The van der Waals surface area contributed by atoms with E-state index in [1.807, 2.05) is 35.3 Å². The van der Waals surface area contributed by atoms with E-state index in [0.29, 0.717) is 23.0 Å². The highest BCUT2D eigenvalue weighted by molar-refractivity contribution is 8.06. The highest BCUT2D eigenvalue weighted by Crippen LogP contribution is 2.40. The molecule has 4 heteroatoms. The van der Waals surface area contributed by atoms with Crippen LogP contribution in [-0.4, -0.2) is 5.78 Å². The molecule has 40 heavy (non-hydrogen) atoms. The Labute approximate surface area is 252 Å². The van der Waals surface area contributed by atoms with Crippen LogP contribution in [0.3, 0.4) is 0 Å². The van der Waals surface area contributed by atoms with Gasteiger partial charge in [0.25, 0.3) is 0 Å². The van der Waals surface area contributed by atoms with E-state index >= 15 is 0 Å². The Morgan fingerprint density at radius 2 is 1.30 bits per heavy atom. The molecule has 218 valence electrons. The van der Waals surface area contributed by atoms with Crippen molar-refractivity contribution >= 4 is 35.0 Å². The van der Waals surface area contributed by atoms with Crippen molar-refractivity contribution in [3.8, 4) is 0 Å². The molecule has 0 amide bonds. The first kappa shape index (κ1) is 32.6. The van der Waals surface area contributed by atoms with Crippen LogP contribution < -0.4 is 5.11 Å². The van der Waals surface area contributed by atoms with Gasteiger partial charge < -0.3 is 5.11 Å².